The molecular formula is C10H19N5. The van der Waals surface area contributed by atoms with Crippen molar-refractivity contribution in [2.24, 2.45) is 10.7 Å². The van der Waals surface area contributed by atoms with Crippen LogP contribution in [0.1, 0.15) is 39.3 Å². The van der Waals surface area contributed by atoms with Gasteiger partial charge in [-0.25, -0.2) is 4.99 Å². The summed E-state index contributed by atoms with van der Waals surface area (Å²) in [5.41, 5.74) is 6.73. The number of H-pyrrole nitrogens is 1. The molecule has 1 aromatic heterocycles. The minimum atomic E-state index is -0.0658. The van der Waals surface area contributed by atoms with E-state index < -0.39 is 0 Å². The molecule has 0 fully saturated rings. The number of hydrogen-bond acceptors (Lipinski definition) is 2. The molecule has 0 aliphatic rings. The van der Waals surface area contributed by atoms with Crippen LogP contribution in [0, 0.1) is 0 Å². The van der Waals surface area contributed by atoms with Crippen LogP contribution in [0.2, 0.25) is 0 Å². The van der Waals surface area contributed by atoms with Crippen molar-refractivity contribution in [3.05, 3.63) is 18.0 Å². The first-order valence-corrected chi connectivity index (χ1v) is 4.98. The molecule has 0 radical (unpaired) electrons. The van der Waals surface area contributed by atoms with E-state index in [0.29, 0.717) is 5.96 Å². The number of hydrogen-bond donors (Lipinski definition) is 3. The monoisotopic (exact) mass is 209 g/mol. The molecule has 0 saturated heterocycles. The average Bonchev–Trinajstić information content (AvgIpc) is 2.50. The third kappa shape index (κ3) is 4.01. The van der Waals surface area contributed by atoms with E-state index in [4.69, 9.17) is 5.73 Å². The number of aromatic nitrogens is 2. The molecule has 0 saturated carbocycles. The zero-order chi connectivity index (χ0) is 11.5. The molecule has 0 aliphatic heterocycles. The van der Waals surface area contributed by atoms with Crippen molar-refractivity contribution in [2.75, 3.05) is 0 Å². The number of rotatable bonds is 2. The number of nitrogens with two attached hydrogens (primary N) is 1. The van der Waals surface area contributed by atoms with E-state index in [1.54, 1.807) is 6.20 Å². The Balaban J connectivity index is 2.63. The van der Waals surface area contributed by atoms with Crippen LogP contribution >= 0.6 is 0 Å². The Morgan fingerprint density at radius 1 is 1.60 bits per heavy atom. The maximum Gasteiger partial charge on any atom is 0.189 e. The van der Waals surface area contributed by atoms with Crippen molar-refractivity contribution < 1.29 is 0 Å². The molecule has 1 heterocycles. The predicted molar refractivity (Wildman–Crippen MR) is 61.5 cm³/mol. The third-order valence-corrected chi connectivity index (χ3v) is 1.84. The summed E-state index contributed by atoms with van der Waals surface area (Å²) in [6.07, 6.45) is 3.57. The van der Waals surface area contributed by atoms with Gasteiger partial charge in [0, 0.05) is 17.3 Å². The number of aliphatic imine (C=N–C) groups is 1. The van der Waals surface area contributed by atoms with Crippen LogP contribution in [0.25, 0.3) is 0 Å². The van der Waals surface area contributed by atoms with Gasteiger partial charge in [-0.3, -0.25) is 5.10 Å². The molecule has 0 amide bonds. The number of aromatic amines is 1. The van der Waals surface area contributed by atoms with Gasteiger partial charge >= 0.3 is 0 Å². The smallest absolute Gasteiger partial charge is 0.189 e. The molecule has 5 nitrogen and oxygen atoms in total. The molecule has 0 aliphatic carbocycles. The van der Waals surface area contributed by atoms with Crippen LogP contribution in [0.15, 0.2) is 17.4 Å². The fourth-order valence-electron chi connectivity index (χ4n) is 1.19. The van der Waals surface area contributed by atoms with Gasteiger partial charge in [-0.05, 0) is 27.7 Å². The van der Waals surface area contributed by atoms with Gasteiger partial charge in [-0.1, -0.05) is 0 Å². The summed E-state index contributed by atoms with van der Waals surface area (Å²) in [7, 11) is 0. The topological polar surface area (TPSA) is 79.1 Å². The molecule has 84 valence electrons. The van der Waals surface area contributed by atoms with Crippen molar-refractivity contribution in [3.8, 4) is 0 Å². The van der Waals surface area contributed by atoms with Crippen molar-refractivity contribution in [3.63, 3.8) is 0 Å². The molecule has 1 rings (SSSR count). The Morgan fingerprint density at radius 2 is 2.27 bits per heavy atom. The van der Waals surface area contributed by atoms with Gasteiger partial charge in [-0.2, -0.15) is 5.10 Å². The van der Waals surface area contributed by atoms with Crippen LogP contribution in [0.3, 0.4) is 0 Å². The number of nitrogens with zero attached hydrogens (tertiary/aromatic N) is 2. The second kappa shape index (κ2) is 4.33. The first-order chi connectivity index (χ1) is 6.88. The van der Waals surface area contributed by atoms with Crippen molar-refractivity contribution in [2.45, 2.75) is 39.3 Å². The molecule has 1 unspecified atom stereocenters. The Kier molecular flexibility index (Phi) is 3.34. The van der Waals surface area contributed by atoms with E-state index in [0.717, 1.165) is 5.56 Å². The van der Waals surface area contributed by atoms with Gasteiger partial charge in [0.2, 0.25) is 0 Å². The van der Waals surface area contributed by atoms with E-state index in [1.807, 2.05) is 33.9 Å². The average molecular weight is 209 g/mol. The molecule has 0 bridgehead atoms. The lowest BCUT2D eigenvalue weighted by atomic mass is 10.1. The second-order valence-corrected chi connectivity index (χ2v) is 4.60. The summed E-state index contributed by atoms with van der Waals surface area (Å²) in [4.78, 5) is 4.33. The van der Waals surface area contributed by atoms with Gasteiger partial charge in [-0.15, -0.1) is 0 Å². The lowest BCUT2D eigenvalue weighted by Gasteiger charge is -2.21. The molecule has 0 aromatic carbocycles. The molecule has 0 spiro atoms. The summed E-state index contributed by atoms with van der Waals surface area (Å²) in [5, 5.41) is 9.73. The predicted octanol–water partition coefficient (Wildman–Crippen LogP) is 1.17. The fraction of sp³-hybridized carbons (Fsp3) is 0.600. The summed E-state index contributed by atoms with van der Waals surface area (Å²) < 4.78 is 0. The Labute approximate surface area is 90.2 Å². The minimum absolute atomic E-state index is 0.0126. The highest BCUT2D eigenvalue weighted by atomic mass is 15.1. The molecule has 15 heavy (non-hydrogen) atoms. The number of nitrogens with one attached hydrogen (secondary N) is 2. The SMILES string of the molecule is CC(N=C(N)NC(C)(C)C)c1cn[nH]c1. The number of guanidine groups is 1. The highest BCUT2D eigenvalue weighted by molar-refractivity contribution is 5.78. The quantitative estimate of drug-likeness (QED) is 0.505. The Hall–Kier alpha value is -1.52. The van der Waals surface area contributed by atoms with Gasteiger partial charge in [0.1, 0.15) is 0 Å². The zero-order valence-corrected chi connectivity index (χ0v) is 9.70. The van der Waals surface area contributed by atoms with E-state index in [1.165, 1.54) is 0 Å². The van der Waals surface area contributed by atoms with Crippen LogP contribution in [0.5, 0.6) is 0 Å². The third-order valence-electron chi connectivity index (χ3n) is 1.84. The standard InChI is InChI=1S/C10H19N5/c1-7(8-5-12-13-6-8)14-9(11)15-10(2,3)4/h5-7H,1-4H3,(H,12,13)(H3,11,14,15). The molecule has 1 aromatic rings. The maximum atomic E-state index is 5.78. The first-order valence-electron chi connectivity index (χ1n) is 4.98. The molecule has 1 atom stereocenters. The Bertz CT molecular complexity index is 320. The lowest BCUT2D eigenvalue weighted by molar-refractivity contribution is 0.507. The van der Waals surface area contributed by atoms with Gasteiger partial charge in [0.05, 0.1) is 12.2 Å². The summed E-state index contributed by atoms with van der Waals surface area (Å²) >= 11 is 0. The van der Waals surface area contributed by atoms with E-state index in [2.05, 4.69) is 20.5 Å². The molecular weight excluding hydrogens is 190 g/mol. The first kappa shape index (κ1) is 11.6. The van der Waals surface area contributed by atoms with E-state index in [9.17, 15) is 0 Å². The molecule has 4 N–H and O–H groups in total. The van der Waals surface area contributed by atoms with Crippen molar-refractivity contribution in [1.29, 1.82) is 0 Å². The van der Waals surface area contributed by atoms with Gasteiger partial charge in [0.25, 0.3) is 0 Å². The van der Waals surface area contributed by atoms with Gasteiger partial charge in [0.15, 0.2) is 5.96 Å². The van der Waals surface area contributed by atoms with Crippen LogP contribution < -0.4 is 11.1 Å². The zero-order valence-electron chi connectivity index (χ0n) is 9.70. The van der Waals surface area contributed by atoms with Crippen LogP contribution in [-0.4, -0.2) is 21.7 Å². The van der Waals surface area contributed by atoms with E-state index >= 15 is 0 Å². The van der Waals surface area contributed by atoms with Gasteiger partial charge < -0.3 is 11.1 Å². The van der Waals surface area contributed by atoms with Crippen molar-refractivity contribution >= 4 is 5.96 Å². The highest BCUT2D eigenvalue weighted by Crippen LogP contribution is 2.13. The lowest BCUT2D eigenvalue weighted by Crippen LogP contribution is -2.45. The summed E-state index contributed by atoms with van der Waals surface area (Å²) in [5.74, 6) is 0.455. The van der Waals surface area contributed by atoms with Crippen LogP contribution in [-0.2, 0) is 0 Å². The minimum Gasteiger partial charge on any atom is -0.370 e. The highest BCUT2D eigenvalue weighted by Gasteiger charge is 2.11. The Morgan fingerprint density at radius 3 is 2.73 bits per heavy atom. The fourth-order valence-corrected chi connectivity index (χ4v) is 1.19. The van der Waals surface area contributed by atoms with Crippen molar-refractivity contribution in [1.82, 2.24) is 15.5 Å². The summed E-state index contributed by atoms with van der Waals surface area (Å²) in [6.45, 7) is 8.09. The van der Waals surface area contributed by atoms with E-state index in [-0.39, 0.29) is 11.6 Å². The van der Waals surface area contributed by atoms with Crippen LogP contribution in [0.4, 0.5) is 0 Å². The maximum absolute atomic E-state index is 5.78. The largest absolute Gasteiger partial charge is 0.370 e. The molecule has 5 heteroatoms. The summed E-state index contributed by atoms with van der Waals surface area (Å²) in [6, 6.07) is 0.0126. The second-order valence-electron chi connectivity index (χ2n) is 4.60. The normalized spacial score (nSPS) is 15.1.